The normalized spacial score (nSPS) is 12.9. The van der Waals surface area contributed by atoms with E-state index >= 15 is 0 Å². The van der Waals surface area contributed by atoms with Gasteiger partial charge in [0.05, 0.1) is 23.1 Å². The highest BCUT2D eigenvalue weighted by atomic mass is 35.5. The lowest BCUT2D eigenvalue weighted by atomic mass is 9.85. The van der Waals surface area contributed by atoms with E-state index in [9.17, 15) is 4.79 Å². The number of rotatable bonds is 10. The molecule has 32 heavy (non-hydrogen) atoms. The molecule has 0 bridgehead atoms. The first-order valence-electron chi connectivity index (χ1n) is 11.0. The average molecular weight is 470 g/mol. The second kappa shape index (κ2) is 12.1. The highest BCUT2D eigenvalue weighted by Gasteiger charge is 2.21. The van der Waals surface area contributed by atoms with Gasteiger partial charge in [-0.3, -0.25) is 4.79 Å². The van der Waals surface area contributed by atoms with E-state index in [-0.39, 0.29) is 17.9 Å². The lowest BCUT2D eigenvalue weighted by Crippen LogP contribution is -2.35. The fourth-order valence-electron chi connectivity index (χ4n) is 3.83. The Morgan fingerprint density at radius 1 is 0.938 bits per heavy atom. The van der Waals surface area contributed by atoms with Crippen molar-refractivity contribution in [1.29, 1.82) is 0 Å². The zero-order valence-electron chi connectivity index (χ0n) is 18.5. The molecule has 3 nitrogen and oxygen atoms in total. The lowest BCUT2D eigenvalue weighted by Gasteiger charge is -2.26. The molecule has 0 spiro atoms. The summed E-state index contributed by atoms with van der Waals surface area (Å²) in [6.45, 7) is 4.95. The maximum absolute atomic E-state index is 11.7. The fourth-order valence-corrected chi connectivity index (χ4v) is 4.16. The standard InChI is InChI=1S/C27H29Cl2NO2/c1-3-32-27(31)15-16-30-19(2)24(17-20-9-14-25(28)26(29)18-20)23-12-10-22(11-13-23)21-7-5-4-6-8-21/h4-14,18-19,24,30H,3,15-17H2,1-2H3. The van der Waals surface area contributed by atoms with E-state index in [2.05, 4.69) is 48.6 Å². The molecular weight excluding hydrogens is 441 g/mol. The number of carbonyl (C=O) groups excluding carboxylic acids is 1. The highest BCUT2D eigenvalue weighted by Crippen LogP contribution is 2.30. The van der Waals surface area contributed by atoms with Gasteiger partial charge in [0.25, 0.3) is 0 Å². The molecule has 0 fully saturated rings. The Morgan fingerprint density at radius 3 is 2.28 bits per heavy atom. The number of benzene rings is 3. The quantitative estimate of drug-likeness (QED) is 0.327. The minimum absolute atomic E-state index is 0.140. The van der Waals surface area contributed by atoms with Gasteiger partial charge in [-0.25, -0.2) is 0 Å². The third kappa shape index (κ3) is 6.83. The Bertz CT molecular complexity index is 1010. The Kier molecular flexibility index (Phi) is 9.16. The van der Waals surface area contributed by atoms with E-state index in [0.717, 1.165) is 12.0 Å². The SMILES string of the molecule is CCOC(=O)CCNC(C)C(Cc1ccc(Cl)c(Cl)c1)c1ccc(-c2ccccc2)cc1. The van der Waals surface area contributed by atoms with Crippen LogP contribution in [0.5, 0.6) is 0 Å². The van der Waals surface area contributed by atoms with Crippen LogP contribution in [0.2, 0.25) is 10.0 Å². The van der Waals surface area contributed by atoms with Crippen LogP contribution >= 0.6 is 23.2 Å². The predicted molar refractivity (Wildman–Crippen MR) is 133 cm³/mol. The van der Waals surface area contributed by atoms with Crippen LogP contribution in [0.4, 0.5) is 0 Å². The summed E-state index contributed by atoms with van der Waals surface area (Å²) >= 11 is 12.4. The Labute approximate surface area is 200 Å². The summed E-state index contributed by atoms with van der Waals surface area (Å²) in [4.78, 5) is 11.7. The van der Waals surface area contributed by atoms with E-state index in [1.54, 1.807) is 0 Å². The largest absolute Gasteiger partial charge is 0.466 e. The molecule has 0 aromatic heterocycles. The number of esters is 1. The summed E-state index contributed by atoms with van der Waals surface area (Å²) < 4.78 is 5.04. The van der Waals surface area contributed by atoms with E-state index in [1.165, 1.54) is 16.7 Å². The number of hydrogen-bond donors (Lipinski definition) is 1. The second-order valence-electron chi connectivity index (χ2n) is 7.84. The molecule has 0 saturated heterocycles. The van der Waals surface area contributed by atoms with E-state index in [0.29, 0.717) is 29.6 Å². The molecule has 0 aliphatic carbocycles. The van der Waals surface area contributed by atoms with Gasteiger partial charge >= 0.3 is 5.97 Å². The maximum Gasteiger partial charge on any atom is 0.307 e. The smallest absolute Gasteiger partial charge is 0.307 e. The summed E-state index contributed by atoms with van der Waals surface area (Å²) in [5, 5.41) is 4.62. The van der Waals surface area contributed by atoms with E-state index in [1.807, 2.05) is 43.3 Å². The minimum atomic E-state index is -0.180. The van der Waals surface area contributed by atoms with E-state index in [4.69, 9.17) is 27.9 Å². The average Bonchev–Trinajstić information content (AvgIpc) is 2.80. The first-order chi connectivity index (χ1) is 15.5. The molecule has 1 N–H and O–H groups in total. The van der Waals surface area contributed by atoms with Crippen LogP contribution in [0.15, 0.2) is 72.8 Å². The second-order valence-corrected chi connectivity index (χ2v) is 8.66. The van der Waals surface area contributed by atoms with Crippen molar-refractivity contribution in [2.75, 3.05) is 13.2 Å². The third-order valence-electron chi connectivity index (χ3n) is 5.59. The van der Waals surface area contributed by atoms with Crippen LogP contribution in [0.25, 0.3) is 11.1 Å². The molecule has 0 radical (unpaired) electrons. The molecule has 168 valence electrons. The predicted octanol–water partition coefficient (Wildman–Crippen LogP) is 6.92. The number of halogens is 2. The van der Waals surface area contributed by atoms with Crippen LogP contribution in [0.3, 0.4) is 0 Å². The molecule has 5 heteroatoms. The first kappa shape index (κ1) is 24.3. The minimum Gasteiger partial charge on any atom is -0.466 e. The monoisotopic (exact) mass is 469 g/mol. The summed E-state index contributed by atoms with van der Waals surface area (Å²) in [6, 6.07) is 25.0. The van der Waals surface area contributed by atoms with Gasteiger partial charge in [-0.1, -0.05) is 83.9 Å². The topological polar surface area (TPSA) is 38.3 Å². The van der Waals surface area contributed by atoms with Gasteiger partial charge in [0.1, 0.15) is 0 Å². The molecule has 3 aromatic carbocycles. The van der Waals surface area contributed by atoms with Crippen molar-refractivity contribution in [3.05, 3.63) is 94.0 Å². The molecule has 0 heterocycles. The zero-order valence-corrected chi connectivity index (χ0v) is 20.0. The van der Waals surface area contributed by atoms with Crippen molar-refractivity contribution in [3.63, 3.8) is 0 Å². The van der Waals surface area contributed by atoms with Gasteiger partial charge in [0.2, 0.25) is 0 Å². The van der Waals surface area contributed by atoms with Crippen LogP contribution in [-0.4, -0.2) is 25.2 Å². The third-order valence-corrected chi connectivity index (χ3v) is 6.33. The number of hydrogen-bond acceptors (Lipinski definition) is 3. The first-order valence-corrected chi connectivity index (χ1v) is 11.7. The van der Waals surface area contributed by atoms with Crippen LogP contribution in [0, 0.1) is 0 Å². The van der Waals surface area contributed by atoms with Gasteiger partial charge in [0.15, 0.2) is 0 Å². The maximum atomic E-state index is 11.7. The van der Waals surface area contributed by atoms with Crippen molar-refractivity contribution in [2.24, 2.45) is 0 Å². The molecule has 2 atom stereocenters. The van der Waals surface area contributed by atoms with Crippen molar-refractivity contribution < 1.29 is 9.53 Å². The molecule has 0 amide bonds. The Hall–Kier alpha value is -2.33. The van der Waals surface area contributed by atoms with Crippen LogP contribution in [-0.2, 0) is 16.0 Å². The summed E-state index contributed by atoms with van der Waals surface area (Å²) in [5.41, 5.74) is 4.73. The zero-order chi connectivity index (χ0) is 22.9. The van der Waals surface area contributed by atoms with Crippen LogP contribution in [0.1, 0.15) is 37.3 Å². The molecule has 0 saturated carbocycles. The highest BCUT2D eigenvalue weighted by molar-refractivity contribution is 6.42. The molecule has 3 aromatic rings. The van der Waals surface area contributed by atoms with E-state index < -0.39 is 0 Å². The van der Waals surface area contributed by atoms with Gasteiger partial charge in [-0.2, -0.15) is 0 Å². The molecule has 2 unspecified atom stereocenters. The summed E-state index contributed by atoms with van der Waals surface area (Å²) in [5.74, 6) is 0.0136. The molecule has 0 aliphatic rings. The number of carbonyl (C=O) groups is 1. The van der Waals surface area contributed by atoms with Gasteiger partial charge in [-0.05, 0) is 54.7 Å². The van der Waals surface area contributed by atoms with Crippen molar-refractivity contribution >= 4 is 29.2 Å². The Morgan fingerprint density at radius 2 is 1.62 bits per heavy atom. The molecule has 0 aliphatic heterocycles. The van der Waals surface area contributed by atoms with Gasteiger partial charge in [-0.15, -0.1) is 0 Å². The molecule has 3 rings (SSSR count). The fraction of sp³-hybridized carbons (Fsp3) is 0.296. The molecular formula is C27H29Cl2NO2. The van der Waals surface area contributed by atoms with Crippen LogP contribution < -0.4 is 5.32 Å². The number of ether oxygens (including phenoxy) is 1. The summed E-state index contributed by atoms with van der Waals surface area (Å²) in [7, 11) is 0. The Balaban J connectivity index is 1.79. The van der Waals surface area contributed by atoms with Crippen molar-refractivity contribution in [2.45, 2.75) is 38.6 Å². The van der Waals surface area contributed by atoms with Crippen molar-refractivity contribution in [1.82, 2.24) is 5.32 Å². The number of nitrogens with one attached hydrogen (secondary N) is 1. The van der Waals surface area contributed by atoms with Gasteiger partial charge < -0.3 is 10.1 Å². The summed E-state index contributed by atoms with van der Waals surface area (Å²) in [6.07, 6.45) is 1.15. The van der Waals surface area contributed by atoms with Gasteiger partial charge in [0, 0.05) is 18.5 Å². The lowest BCUT2D eigenvalue weighted by molar-refractivity contribution is -0.143. The van der Waals surface area contributed by atoms with Crippen molar-refractivity contribution in [3.8, 4) is 11.1 Å².